The van der Waals surface area contributed by atoms with Crippen LogP contribution >= 0.6 is 0 Å². The smallest absolute Gasteiger partial charge is 0.410 e. The fourth-order valence-electron chi connectivity index (χ4n) is 1.45. The minimum absolute atomic E-state index is 0.191. The molecule has 14 heavy (non-hydrogen) atoms. The topological polar surface area (TPSA) is 41.6 Å². The van der Waals surface area contributed by atoms with E-state index in [9.17, 15) is 4.79 Å². The van der Waals surface area contributed by atoms with Crippen molar-refractivity contribution >= 4 is 6.09 Å². The van der Waals surface area contributed by atoms with Gasteiger partial charge < -0.3 is 15.0 Å². The van der Waals surface area contributed by atoms with E-state index in [0.29, 0.717) is 6.04 Å². The summed E-state index contributed by atoms with van der Waals surface area (Å²) in [4.78, 5) is 13.4. The predicted molar refractivity (Wildman–Crippen MR) is 55.3 cm³/mol. The van der Waals surface area contributed by atoms with E-state index in [1.165, 1.54) is 0 Å². The summed E-state index contributed by atoms with van der Waals surface area (Å²) in [5, 5.41) is 3.07. The molecular weight excluding hydrogens is 180 g/mol. The Morgan fingerprint density at radius 2 is 2.21 bits per heavy atom. The van der Waals surface area contributed by atoms with Crippen molar-refractivity contribution in [3.63, 3.8) is 0 Å². The van der Waals surface area contributed by atoms with Gasteiger partial charge in [0.15, 0.2) is 0 Å². The van der Waals surface area contributed by atoms with E-state index in [1.54, 1.807) is 4.90 Å². The van der Waals surface area contributed by atoms with E-state index in [0.717, 1.165) is 19.5 Å². The van der Waals surface area contributed by atoms with Gasteiger partial charge in [-0.3, -0.25) is 0 Å². The van der Waals surface area contributed by atoms with Crippen molar-refractivity contribution in [1.82, 2.24) is 10.2 Å². The first-order valence-corrected chi connectivity index (χ1v) is 5.08. The average Bonchev–Trinajstić information content (AvgIpc) is 1.93. The summed E-state index contributed by atoms with van der Waals surface area (Å²) in [6.07, 6.45) is 0.879. The molecule has 1 heterocycles. The summed E-state index contributed by atoms with van der Waals surface area (Å²) in [7, 11) is 1.89. The molecule has 1 aliphatic heterocycles. The molecule has 0 spiro atoms. The molecule has 1 aliphatic rings. The zero-order valence-corrected chi connectivity index (χ0v) is 9.46. The maximum absolute atomic E-state index is 11.6. The summed E-state index contributed by atoms with van der Waals surface area (Å²) in [6, 6.07) is 0.315. The molecular formula is C10H20N2O2. The van der Waals surface area contributed by atoms with E-state index < -0.39 is 5.60 Å². The number of amides is 1. The second kappa shape index (κ2) is 4.17. The Labute approximate surface area is 85.6 Å². The van der Waals surface area contributed by atoms with Crippen molar-refractivity contribution in [3.8, 4) is 0 Å². The lowest BCUT2D eigenvalue weighted by Gasteiger charge is -2.41. The Morgan fingerprint density at radius 1 is 1.57 bits per heavy atom. The summed E-state index contributed by atoms with van der Waals surface area (Å²) in [5.41, 5.74) is -0.392. The van der Waals surface area contributed by atoms with E-state index in [2.05, 4.69) is 5.32 Å². The van der Waals surface area contributed by atoms with Crippen molar-refractivity contribution in [2.75, 3.05) is 20.1 Å². The van der Waals surface area contributed by atoms with Gasteiger partial charge in [0.25, 0.3) is 0 Å². The van der Waals surface area contributed by atoms with Gasteiger partial charge in [-0.2, -0.15) is 0 Å². The first-order chi connectivity index (χ1) is 6.44. The number of likely N-dealkylation sites (tertiary alicyclic amines) is 1. The Bertz CT molecular complexity index is 211. The molecule has 1 saturated heterocycles. The van der Waals surface area contributed by atoms with E-state index in [-0.39, 0.29) is 6.09 Å². The number of ether oxygens (including phenoxy) is 1. The average molecular weight is 200 g/mol. The largest absolute Gasteiger partial charge is 0.444 e. The molecule has 82 valence electrons. The molecule has 1 rings (SSSR count). The highest BCUT2D eigenvalue weighted by Gasteiger charge is 2.34. The Morgan fingerprint density at radius 3 is 2.57 bits per heavy atom. The van der Waals surface area contributed by atoms with Crippen LogP contribution in [0.2, 0.25) is 0 Å². The third-order valence-corrected chi connectivity index (χ3v) is 2.21. The third kappa shape index (κ3) is 2.87. The predicted octanol–water partition coefficient (Wildman–Crippen LogP) is 1.22. The van der Waals surface area contributed by atoms with Crippen LogP contribution in [0.3, 0.4) is 0 Å². The minimum atomic E-state index is -0.392. The molecule has 0 saturated carbocycles. The number of hydrogen-bond donors (Lipinski definition) is 1. The number of rotatable bonds is 2. The second-order valence-electron chi connectivity index (χ2n) is 4.67. The van der Waals surface area contributed by atoms with Crippen LogP contribution in [-0.4, -0.2) is 42.8 Å². The molecule has 0 radical (unpaired) electrons. The maximum atomic E-state index is 11.6. The van der Waals surface area contributed by atoms with Crippen LogP contribution in [0.4, 0.5) is 4.79 Å². The fourth-order valence-corrected chi connectivity index (χ4v) is 1.45. The first-order valence-electron chi connectivity index (χ1n) is 5.08. The lowest BCUT2D eigenvalue weighted by molar-refractivity contribution is -0.00458. The number of nitrogens with zero attached hydrogens (tertiary/aromatic N) is 1. The Kier molecular flexibility index (Phi) is 3.37. The molecule has 1 atom stereocenters. The van der Waals surface area contributed by atoms with Crippen LogP contribution in [0.15, 0.2) is 0 Å². The summed E-state index contributed by atoms with van der Waals surface area (Å²) >= 11 is 0. The van der Waals surface area contributed by atoms with Gasteiger partial charge in [-0.1, -0.05) is 0 Å². The maximum Gasteiger partial charge on any atom is 0.410 e. The fraction of sp³-hybridized carbons (Fsp3) is 0.900. The quantitative estimate of drug-likeness (QED) is 0.728. The highest BCUT2D eigenvalue weighted by Crippen LogP contribution is 2.20. The molecule has 1 amide bonds. The van der Waals surface area contributed by atoms with Crippen molar-refractivity contribution < 1.29 is 9.53 Å². The third-order valence-electron chi connectivity index (χ3n) is 2.21. The van der Waals surface area contributed by atoms with Gasteiger partial charge in [-0.05, 0) is 34.2 Å². The highest BCUT2D eigenvalue weighted by molar-refractivity contribution is 5.69. The number of nitrogens with one attached hydrogen (secondary N) is 1. The Balaban J connectivity index is 2.38. The van der Waals surface area contributed by atoms with Gasteiger partial charge in [-0.25, -0.2) is 4.79 Å². The van der Waals surface area contributed by atoms with Crippen LogP contribution in [-0.2, 0) is 4.74 Å². The molecule has 1 N–H and O–H groups in total. The molecule has 0 bridgehead atoms. The zero-order valence-electron chi connectivity index (χ0n) is 9.46. The highest BCUT2D eigenvalue weighted by atomic mass is 16.6. The molecule has 0 aliphatic carbocycles. The molecule has 0 aromatic rings. The van der Waals surface area contributed by atoms with E-state index in [4.69, 9.17) is 4.74 Å². The van der Waals surface area contributed by atoms with Gasteiger partial charge in [-0.15, -0.1) is 0 Å². The molecule has 4 heteroatoms. The zero-order chi connectivity index (χ0) is 10.8. The van der Waals surface area contributed by atoms with Gasteiger partial charge in [0.1, 0.15) is 5.60 Å². The van der Waals surface area contributed by atoms with Crippen LogP contribution in [0, 0.1) is 0 Å². The van der Waals surface area contributed by atoms with Crippen LogP contribution in [0.5, 0.6) is 0 Å². The molecule has 0 aromatic carbocycles. The van der Waals surface area contributed by atoms with E-state index >= 15 is 0 Å². The second-order valence-corrected chi connectivity index (χ2v) is 4.67. The van der Waals surface area contributed by atoms with Gasteiger partial charge in [0.2, 0.25) is 0 Å². The molecule has 1 fully saturated rings. The normalized spacial score (nSPS) is 21.7. The standard InChI is InChI=1S/C10H20N2O2/c1-10(2,3)14-9(13)12-6-5-8(12)7-11-4/h8,11H,5-7H2,1-4H3/t8-/m0/s1. The van der Waals surface area contributed by atoms with Crippen molar-refractivity contribution in [1.29, 1.82) is 0 Å². The van der Waals surface area contributed by atoms with Crippen LogP contribution in [0.1, 0.15) is 27.2 Å². The summed E-state index contributed by atoms with van der Waals surface area (Å²) in [5.74, 6) is 0. The number of carbonyl (C=O) groups excluding carboxylic acids is 1. The number of likely N-dealkylation sites (N-methyl/N-ethyl adjacent to an activating group) is 1. The van der Waals surface area contributed by atoms with Gasteiger partial charge >= 0.3 is 6.09 Å². The van der Waals surface area contributed by atoms with E-state index in [1.807, 2.05) is 27.8 Å². The molecule has 4 nitrogen and oxygen atoms in total. The number of hydrogen-bond acceptors (Lipinski definition) is 3. The van der Waals surface area contributed by atoms with Crippen LogP contribution < -0.4 is 5.32 Å². The van der Waals surface area contributed by atoms with Gasteiger partial charge in [0.05, 0.1) is 0 Å². The monoisotopic (exact) mass is 200 g/mol. The van der Waals surface area contributed by atoms with Crippen LogP contribution in [0.25, 0.3) is 0 Å². The minimum Gasteiger partial charge on any atom is -0.444 e. The summed E-state index contributed by atoms with van der Waals surface area (Å²) in [6.45, 7) is 7.33. The SMILES string of the molecule is CNC[C@@H]1CCN1C(=O)OC(C)(C)C. The molecule has 0 unspecified atom stereocenters. The van der Waals surface area contributed by atoms with Crippen molar-refractivity contribution in [2.24, 2.45) is 0 Å². The lowest BCUT2D eigenvalue weighted by atomic mass is 10.0. The molecule has 0 aromatic heterocycles. The first kappa shape index (κ1) is 11.3. The van der Waals surface area contributed by atoms with Crippen molar-refractivity contribution in [2.45, 2.75) is 38.8 Å². The summed E-state index contributed by atoms with van der Waals surface area (Å²) < 4.78 is 5.28. The lowest BCUT2D eigenvalue weighted by Crippen LogP contribution is -2.56. The Hall–Kier alpha value is -0.770. The number of carbonyl (C=O) groups is 1. The van der Waals surface area contributed by atoms with Gasteiger partial charge in [0, 0.05) is 19.1 Å². The van der Waals surface area contributed by atoms with Crippen molar-refractivity contribution in [3.05, 3.63) is 0 Å².